The third kappa shape index (κ3) is 3.58. The second-order valence-electron chi connectivity index (χ2n) is 5.18. The number of nitrogens with zero attached hydrogens (tertiary/aromatic N) is 3. The van der Waals surface area contributed by atoms with Gasteiger partial charge in [-0.05, 0) is 13.3 Å². The molecule has 0 radical (unpaired) electrons. The fourth-order valence-electron chi connectivity index (χ4n) is 2.44. The van der Waals surface area contributed by atoms with Gasteiger partial charge in [0, 0.05) is 32.6 Å². The Morgan fingerprint density at radius 3 is 2.90 bits per heavy atom. The number of hydrogen-bond acceptors (Lipinski definition) is 6. The van der Waals surface area contributed by atoms with Gasteiger partial charge < -0.3 is 20.1 Å². The molecule has 2 atom stereocenters. The molecule has 0 saturated carbocycles. The Balaban J connectivity index is 2.23. The SMILES string of the molecule is CCCc1nc(NC)cc(N2CC(C)OC(CO)C2)n1. The summed E-state index contributed by atoms with van der Waals surface area (Å²) in [5.41, 5.74) is 0. The van der Waals surface area contributed by atoms with E-state index in [0.29, 0.717) is 6.54 Å². The molecular formula is C14H24N4O2. The normalized spacial score (nSPS) is 22.9. The first-order valence-electron chi connectivity index (χ1n) is 7.23. The zero-order valence-electron chi connectivity index (χ0n) is 12.5. The van der Waals surface area contributed by atoms with E-state index in [1.54, 1.807) is 0 Å². The first-order chi connectivity index (χ1) is 9.66. The van der Waals surface area contributed by atoms with Gasteiger partial charge in [0.25, 0.3) is 0 Å². The van der Waals surface area contributed by atoms with Gasteiger partial charge in [0.1, 0.15) is 17.5 Å². The van der Waals surface area contributed by atoms with Crippen molar-refractivity contribution in [3.05, 3.63) is 11.9 Å². The summed E-state index contributed by atoms with van der Waals surface area (Å²) in [5, 5.41) is 12.4. The minimum absolute atomic E-state index is 0.0344. The molecule has 1 aromatic heterocycles. The molecule has 1 fully saturated rings. The van der Waals surface area contributed by atoms with E-state index >= 15 is 0 Å². The third-order valence-electron chi connectivity index (χ3n) is 3.34. The van der Waals surface area contributed by atoms with Crippen LogP contribution in [0, 0.1) is 0 Å². The summed E-state index contributed by atoms with van der Waals surface area (Å²) in [6, 6.07) is 1.95. The predicted octanol–water partition coefficient (Wildman–Crippen LogP) is 1.06. The number of hydrogen-bond donors (Lipinski definition) is 2. The van der Waals surface area contributed by atoms with Gasteiger partial charge in [0.2, 0.25) is 0 Å². The Hall–Kier alpha value is -1.40. The number of aliphatic hydroxyl groups is 1. The zero-order chi connectivity index (χ0) is 14.5. The van der Waals surface area contributed by atoms with Crippen LogP contribution in [0.25, 0.3) is 0 Å². The Bertz CT molecular complexity index is 441. The van der Waals surface area contributed by atoms with Crippen molar-refractivity contribution in [3.63, 3.8) is 0 Å². The van der Waals surface area contributed by atoms with E-state index in [1.807, 2.05) is 20.0 Å². The Kier molecular flexibility index (Phi) is 5.14. The van der Waals surface area contributed by atoms with Crippen molar-refractivity contribution in [2.75, 3.05) is 37.0 Å². The lowest BCUT2D eigenvalue weighted by Crippen LogP contribution is -2.48. The molecule has 0 aromatic carbocycles. The molecule has 2 heterocycles. The van der Waals surface area contributed by atoms with Crippen molar-refractivity contribution in [1.82, 2.24) is 9.97 Å². The van der Waals surface area contributed by atoms with E-state index in [9.17, 15) is 5.11 Å². The van der Waals surface area contributed by atoms with Crippen molar-refractivity contribution < 1.29 is 9.84 Å². The average molecular weight is 280 g/mol. The molecule has 112 valence electrons. The van der Waals surface area contributed by atoms with Crippen LogP contribution >= 0.6 is 0 Å². The molecular weight excluding hydrogens is 256 g/mol. The van der Waals surface area contributed by atoms with Gasteiger partial charge in [-0.15, -0.1) is 0 Å². The van der Waals surface area contributed by atoms with Crippen LogP contribution in [0.1, 0.15) is 26.1 Å². The lowest BCUT2D eigenvalue weighted by atomic mass is 10.2. The molecule has 1 saturated heterocycles. The minimum Gasteiger partial charge on any atom is -0.394 e. The molecule has 20 heavy (non-hydrogen) atoms. The highest BCUT2D eigenvalue weighted by atomic mass is 16.5. The highest BCUT2D eigenvalue weighted by Crippen LogP contribution is 2.21. The topological polar surface area (TPSA) is 70.5 Å². The summed E-state index contributed by atoms with van der Waals surface area (Å²) in [7, 11) is 1.86. The fraction of sp³-hybridized carbons (Fsp3) is 0.714. The van der Waals surface area contributed by atoms with Crippen molar-refractivity contribution in [3.8, 4) is 0 Å². The van der Waals surface area contributed by atoms with Crippen LogP contribution in [-0.4, -0.2) is 54.0 Å². The van der Waals surface area contributed by atoms with Crippen molar-refractivity contribution >= 4 is 11.6 Å². The summed E-state index contributed by atoms with van der Waals surface area (Å²) in [5.74, 6) is 2.59. The Morgan fingerprint density at radius 2 is 2.25 bits per heavy atom. The lowest BCUT2D eigenvalue weighted by molar-refractivity contribution is -0.0423. The van der Waals surface area contributed by atoms with Gasteiger partial charge in [-0.25, -0.2) is 9.97 Å². The van der Waals surface area contributed by atoms with E-state index < -0.39 is 0 Å². The van der Waals surface area contributed by atoms with E-state index in [2.05, 4.69) is 27.1 Å². The third-order valence-corrected chi connectivity index (χ3v) is 3.34. The summed E-state index contributed by atoms with van der Waals surface area (Å²) < 4.78 is 5.67. The number of nitrogens with one attached hydrogen (secondary N) is 1. The van der Waals surface area contributed by atoms with Crippen LogP contribution in [0.5, 0.6) is 0 Å². The summed E-state index contributed by atoms with van der Waals surface area (Å²) in [4.78, 5) is 11.3. The van der Waals surface area contributed by atoms with Crippen LogP contribution in [0.3, 0.4) is 0 Å². The van der Waals surface area contributed by atoms with Crippen LogP contribution in [-0.2, 0) is 11.2 Å². The molecule has 1 aliphatic heterocycles. The zero-order valence-corrected chi connectivity index (χ0v) is 12.5. The number of ether oxygens (including phenoxy) is 1. The molecule has 1 aromatic rings. The average Bonchev–Trinajstić information content (AvgIpc) is 2.46. The maximum atomic E-state index is 9.32. The molecule has 2 unspecified atom stereocenters. The van der Waals surface area contributed by atoms with Crippen LogP contribution in [0.4, 0.5) is 11.6 Å². The Morgan fingerprint density at radius 1 is 1.45 bits per heavy atom. The van der Waals surface area contributed by atoms with Gasteiger partial charge >= 0.3 is 0 Å². The molecule has 2 rings (SSSR count). The van der Waals surface area contributed by atoms with Gasteiger partial charge in [-0.1, -0.05) is 6.92 Å². The minimum atomic E-state index is -0.152. The molecule has 1 aliphatic rings. The highest BCUT2D eigenvalue weighted by molar-refractivity contribution is 5.49. The highest BCUT2D eigenvalue weighted by Gasteiger charge is 2.26. The molecule has 0 spiro atoms. The van der Waals surface area contributed by atoms with Crippen LogP contribution < -0.4 is 10.2 Å². The van der Waals surface area contributed by atoms with Gasteiger partial charge in [0.05, 0.1) is 18.8 Å². The van der Waals surface area contributed by atoms with Crippen molar-refractivity contribution in [1.29, 1.82) is 0 Å². The maximum Gasteiger partial charge on any atom is 0.134 e. The second-order valence-corrected chi connectivity index (χ2v) is 5.18. The van der Waals surface area contributed by atoms with E-state index in [1.165, 1.54) is 0 Å². The number of anilines is 2. The number of morpholine rings is 1. The van der Waals surface area contributed by atoms with Crippen molar-refractivity contribution in [2.45, 2.75) is 38.9 Å². The van der Waals surface area contributed by atoms with E-state index in [0.717, 1.165) is 36.8 Å². The smallest absolute Gasteiger partial charge is 0.134 e. The van der Waals surface area contributed by atoms with Gasteiger partial charge in [-0.3, -0.25) is 0 Å². The molecule has 2 N–H and O–H groups in total. The predicted molar refractivity (Wildman–Crippen MR) is 79.2 cm³/mol. The molecule has 6 heteroatoms. The summed E-state index contributed by atoms with van der Waals surface area (Å²) in [6.07, 6.45) is 1.82. The van der Waals surface area contributed by atoms with Crippen LogP contribution in [0.2, 0.25) is 0 Å². The molecule has 0 amide bonds. The molecule has 0 aliphatic carbocycles. The van der Waals surface area contributed by atoms with Crippen molar-refractivity contribution in [2.24, 2.45) is 0 Å². The van der Waals surface area contributed by atoms with E-state index in [-0.39, 0.29) is 18.8 Å². The number of aromatic nitrogens is 2. The second kappa shape index (κ2) is 6.85. The maximum absolute atomic E-state index is 9.32. The standard InChI is InChI=1S/C14H24N4O2/c1-4-5-12-16-13(15-3)6-14(17-12)18-7-10(2)20-11(8-18)9-19/h6,10-11,19H,4-5,7-9H2,1-3H3,(H,15,16,17). The summed E-state index contributed by atoms with van der Waals surface area (Å²) >= 11 is 0. The monoisotopic (exact) mass is 280 g/mol. The quantitative estimate of drug-likeness (QED) is 0.840. The molecule has 6 nitrogen and oxygen atoms in total. The Labute approximate surface area is 120 Å². The first kappa shape index (κ1) is 15.0. The summed E-state index contributed by atoms with van der Waals surface area (Å²) in [6.45, 7) is 5.61. The van der Waals surface area contributed by atoms with Gasteiger partial charge in [0.15, 0.2) is 0 Å². The lowest BCUT2D eigenvalue weighted by Gasteiger charge is -2.37. The first-order valence-corrected chi connectivity index (χ1v) is 7.23. The van der Waals surface area contributed by atoms with E-state index in [4.69, 9.17) is 4.74 Å². The van der Waals surface area contributed by atoms with Gasteiger partial charge in [-0.2, -0.15) is 0 Å². The number of aryl methyl sites for hydroxylation is 1. The molecule has 0 bridgehead atoms. The fourth-order valence-corrected chi connectivity index (χ4v) is 2.44. The largest absolute Gasteiger partial charge is 0.394 e. The van der Waals surface area contributed by atoms with Crippen LogP contribution in [0.15, 0.2) is 6.07 Å². The number of aliphatic hydroxyl groups excluding tert-OH is 1. The number of rotatable bonds is 5.